The lowest BCUT2D eigenvalue weighted by Crippen LogP contribution is -1.83. The Hall–Kier alpha value is -0.160. The molecule has 1 aliphatic rings. The van der Waals surface area contributed by atoms with Crippen molar-refractivity contribution in [3.63, 3.8) is 0 Å². The van der Waals surface area contributed by atoms with Crippen LogP contribution in [0.25, 0.3) is 5.57 Å². The molecule has 0 bridgehead atoms. The van der Waals surface area contributed by atoms with Gasteiger partial charge in [-0.05, 0) is 42.7 Å². The molecule has 0 fully saturated rings. The van der Waals surface area contributed by atoms with Crippen LogP contribution in [0.15, 0.2) is 34.9 Å². The third-order valence-electron chi connectivity index (χ3n) is 1.62. The van der Waals surface area contributed by atoms with Gasteiger partial charge in [0.2, 0.25) is 0 Å². The van der Waals surface area contributed by atoms with Crippen molar-refractivity contribution in [2.24, 2.45) is 0 Å². The van der Waals surface area contributed by atoms with Gasteiger partial charge in [0.1, 0.15) is 0 Å². The maximum atomic E-state index is 3.42. The standard InChI is InChI=1S/C9H7BrIN/c10-9-3-1-7(2-4-9)8-5-11-12-6-8/h1-6,12H. The van der Waals surface area contributed by atoms with Crippen molar-refractivity contribution in [2.75, 3.05) is 0 Å². The summed E-state index contributed by atoms with van der Waals surface area (Å²) in [5.74, 6) is 0. The third-order valence-corrected chi connectivity index (χ3v) is 3.80. The number of benzene rings is 1. The van der Waals surface area contributed by atoms with E-state index < -0.39 is 0 Å². The summed E-state index contributed by atoms with van der Waals surface area (Å²) in [6.45, 7) is 0. The first kappa shape index (κ1) is 8.44. The average Bonchev–Trinajstić information content (AvgIpc) is 2.58. The van der Waals surface area contributed by atoms with Crippen LogP contribution < -0.4 is 3.53 Å². The molecule has 0 saturated carbocycles. The minimum absolute atomic E-state index is 0.0890. The molecule has 1 aromatic rings. The summed E-state index contributed by atoms with van der Waals surface area (Å²) in [7, 11) is 0. The molecule has 12 heavy (non-hydrogen) atoms. The zero-order chi connectivity index (χ0) is 8.39. The summed E-state index contributed by atoms with van der Waals surface area (Å²) in [6.07, 6.45) is 2.09. The highest BCUT2D eigenvalue weighted by Crippen LogP contribution is 2.20. The predicted octanol–water partition coefficient (Wildman–Crippen LogP) is 3.08. The van der Waals surface area contributed by atoms with E-state index in [4.69, 9.17) is 0 Å². The summed E-state index contributed by atoms with van der Waals surface area (Å²) < 4.78 is 6.69. The Bertz CT molecular complexity index is 340. The highest BCUT2D eigenvalue weighted by molar-refractivity contribution is 14.2. The topological polar surface area (TPSA) is 12.0 Å². The lowest BCUT2D eigenvalue weighted by molar-refractivity contribution is 1.50. The number of rotatable bonds is 1. The lowest BCUT2D eigenvalue weighted by Gasteiger charge is -1.97. The number of allylic oxidation sites excluding steroid dienone is 1. The Balaban J connectivity index is 2.35. The first-order chi connectivity index (χ1) is 5.86. The largest absolute Gasteiger partial charge is 0.340 e. The fourth-order valence-corrected chi connectivity index (χ4v) is 2.83. The molecule has 1 heterocycles. The molecule has 0 unspecified atom stereocenters. The van der Waals surface area contributed by atoms with Crippen molar-refractivity contribution >= 4 is 46.5 Å². The second kappa shape index (κ2) is 3.70. The third kappa shape index (κ3) is 1.77. The van der Waals surface area contributed by atoms with Crippen LogP contribution in [0.4, 0.5) is 0 Å². The summed E-state index contributed by atoms with van der Waals surface area (Å²) in [5, 5.41) is 0. The van der Waals surface area contributed by atoms with E-state index in [0.717, 1.165) is 4.47 Å². The Morgan fingerprint density at radius 1 is 1.17 bits per heavy atom. The maximum Gasteiger partial charge on any atom is 0.0175 e. The normalized spacial score (nSPS) is 14.9. The SMILES string of the molecule is Brc1ccc(C2=CNI=C2)cc1. The van der Waals surface area contributed by atoms with E-state index >= 15 is 0 Å². The van der Waals surface area contributed by atoms with Crippen LogP contribution in [0, 0.1) is 0 Å². The molecule has 1 aliphatic heterocycles. The average molecular weight is 336 g/mol. The van der Waals surface area contributed by atoms with Gasteiger partial charge in [0.25, 0.3) is 0 Å². The van der Waals surface area contributed by atoms with Gasteiger partial charge >= 0.3 is 0 Å². The van der Waals surface area contributed by atoms with E-state index in [1.165, 1.54) is 11.1 Å². The van der Waals surface area contributed by atoms with E-state index in [1.54, 1.807) is 0 Å². The minimum Gasteiger partial charge on any atom is -0.340 e. The van der Waals surface area contributed by atoms with Gasteiger partial charge in [0.15, 0.2) is 0 Å². The minimum atomic E-state index is 0.0890. The number of halogens is 2. The summed E-state index contributed by atoms with van der Waals surface area (Å²) in [5.41, 5.74) is 2.62. The van der Waals surface area contributed by atoms with Crippen molar-refractivity contribution in [3.05, 3.63) is 40.5 Å². The Labute approximate surface area is 90.1 Å². The van der Waals surface area contributed by atoms with Crippen molar-refractivity contribution in [3.8, 4) is 0 Å². The number of hydrogen-bond donors (Lipinski definition) is 1. The number of hydrogen-bond acceptors (Lipinski definition) is 1. The van der Waals surface area contributed by atoms with Crippen LogP contribution in [-0.4, -0.2) is 4.01 Å². The predicted molar refractivity (Wildman–Crippen MR) is 65.3 cm³/mol. The van der Waals surface area contributed by atoms with Crippen LogP contribution in [0.5, 0.6) is 0 Å². The molecule has 1 nitrogen and oxygen atoms in total. The molecule has 1 aromatic carbocycles. The molecule has 2 rings (SSSR count). The Kier molecular flexibility index (Phi) is 2.60. The van der Waals surface area contributed by atoms with Crippen LogP contribution >= 0.6 is 36.9 Å². The molecule has 0 spiro atoms. The van der Waals surface area contributed by atoms with E-state index in [-0.39, 0.29) is 21.0 Å². The smallest absolute Gasteiger partial charge is 0.0175 e. The summed E-state index contributed by atoms with van der Waals surface area (Å²) >= 11 is 3.50. The molecule has 0 radical (unpaired) electrons. The molecule has 0 aromatic heterocycles. The zero-order valence-corrected chi connectivity index (χ0v) is 9.96. The van der Waals surface area contributed by atoms with Gasteiger partial charge in [-0.2, -0.15) is 0 Å². The molecular formula is C9H7BrIN. The van der Waals surface area contributed by atoms with Gasteiger partial charge in [-0.3, -0.25) is 0 Å². The van der Waals surface area contributed by atoms with Crippen LogP contribution in [0.1, 0.15) is 5.56 Å². The Morgan fingerprint density at radius 3 is 2.50 bits per heavy atom. The first-order valence-corrected chi connectivity index (χ1v) is 6.65. The van der Waals surface area contributed by atoms with Crippen molar-refractivity contribution in [1.29, 1.82) is 0 Å². The molecule has 0 amide bonds. The van der Waals surface area contributed by atoms with Crippen molar-refractivity contribution in [2.45, 2.75) is 0 Å². The molecular weight excluding hydrogens is 329 g/mol. The lowest BCUT2D eigenvalue weighted by atomic mass is 10.1. The van der Waals surface area contributed by atoms with Gasteiger partial charge in [-0.25, -0.2) is 0 Å². The second-order valence-corrected chi connectivity index (χ2v) is 5.22. The summed E-state index contributed by atoms with van der Waals surface area (Å²) in [4.78, 5) is 0. The van der Waals surface area contributed by atoms with Gasteiger partial charge in [-0.15, -0.1) is 0 Å². The molecule has 3 heteroatoms. The highest BCUT2D eigenvalue weighted by atomic mass is 127. The van der Waals surface area contributed by atoms with Gasteiger partial charge in [-0.1, -0.05) is 28.1 Å². The van der Waals surface area contributed by atoms with E-state index in [9.17, 15) is 0 Å². The zero-order valence-electron chi connectivity index (χ0n) is 6.22. The van der Waals surface area contributed by atoms with E-state index in [2.05, 4.69) is 53.9 Å². The van der Waals surface area contributed by atoms with E-state index in [1.807, 2.05) is 0 Å². The van der Waals surface area contributed by atoms with Gasteiger partial charge in [0, 0.05) is 16.2 Å². The van der Waals surface area contributed by atoms with Crippen molar-refractivity contribution in [1.82, 2.24) is 3.53 Å². The van der Waals surface area contributed by atoms with Crippen LogP contribution in [-0.2, 0) is 0 Å². The Morgan fingerprint density at radius 2 is 1.92 bits per heavy atom. The molecule has 1 N–H and O–H groups in total. The van der Waals surface area contributed by atoms with Crippen LogP contribution in [0.2, 0.25) is 0 Å². The molecule has 0 saturated heterocycles. The maximum absolute atomic E-state index is 3.42. The highest BCUT2D eigenvalue weighted by Gasteiger charge is 2.00. The molecule has 62 valence electrons. The van der Waals surface area contributed by atoms with Gasteiger partial charge < -0.3 is 3.53 Å². The summed E-state index contributed by atoms with van der Waals surface area (Å²) in [6, 6.07) is 8.40. The monoisotopic (exact) mass is 335 g/mol. The molecule has 0 atom stereocenters. The first-order valence-electron chi connectivity index (χ1n) is 3.53. The molecule has 0 aliphatic carbocycles. The fourth-order valence-electron chi connectivity index (χ4n) is 1.00. The van der Waals surface area contributed by atoms with E-state index in [0.29, 0.717) is 0 Å². The van der Waals surface area contributed by atoms with Crippen LogP contribution in [0.3, 0.4) is 0 Å². The quantitative estimate of drug-likeness (QED) is 0.614. The number of nitrogens with one attached hydrogen (secondary N) is 1. The second-order valence-electron chi connectivity index (χ2n) is 2.43. The van der Waals surface area contributed by atoms with Gasteiger partial charge in [0.05, 0.1) is 0 Å². The van der Waals surface area contributed by atoms with Crippen molar-refractivity contribution < 1.29 is 0 Å². The fraction of sp³-hybridized carbons (Fsp3) is 0.